The molecule has 7 heteroatoms. The molecule has 7 nitrogen and oxygen atoms in total. The van der Waals surface area contributed by atoms with Crippen LogP contribution in [0.2, 0.25) is 0 Å². The minimum absolute atomic E-state index is 0.0844. The van der Waals surface area contributed by atoms with Crippen molar-refractivity contribution in [1.29, 1.82) is 0 Å². The molecule has 1 N–H and O–H groups in total. The molecule has 0 bridgehead atoms. The summed E-state index contributed by atoms with van der Waals surface area (Å²) in [4.78, 5) is 30.9. The van der Waals surface area contributed by atoms with Crippen molar-refractivity contribution in [1.82, 2.24) is 14.5 Å². The Labute approximate surface area is 134 Å². The number of benzene rings is 1. The van der Waals surface area contributed by atoms with Gasteiger partial charge in [0.2, 0.25) is 5.91 Å². The Morgan fingerprint density at radius 2 is 1.91 bits per heavy atom. The van der Waals surface area contributed by atoms with Gasteiger partial charge in [-0.05, 0) is 25.1 Å². The third-order valence-corrected chi connectivity index (χ3v) is 4.31. The van der Waals surface area contributed by atoms with E-state index in [9.17, 15) is 9.59 Å². The number of hydrogen-bond donors (Lipinski definition) is 1. The number of rotatable bonds is 3. The van der Waals surface area contributed by atoms with Gasteiger partial charge in [-0.15, -0.1) is 0 Å². The average molecular weight is 316 g/mol. The van der Waals surface area contributed by atoms with E-state index in [-0.39, 0.29) is 12.5 Å². The number of aryl methyl sites for hydroxylation is 1. The molecular weight excluding hydrogens is 296 g/mol. The highest BCUT2D eigenvalue weighted by molar-refractivity contribution is 5.82. The number of aliphatic carboxylic acids is 1. The monoisotopic (exact) mass is 316 g/mol. The molecule has 0 radical (unpaired) electrons. The van der Waals surface area contributed by atoms with Crippen molar-refractivity contribution in [2.75, 3.05) is 31.1 Å². The maximum absolute atomic E-state index is 11.4. The predicted molar refractivity (Wildman–Crippen MR) is 86.6 cm³/mol. The smallest absolute Gasteiger partial charge is 0.323 e. The molecule has 0 atom stereocenters. The largest absolute Gasteiger partial charge is 0.480 e. The van der Waals surface area contributed by atoms with Crippen molar-refractivity contribution in [3.8, 4) is 0 Å². The van der Waals surface area contributed by atoms with E-state index in [4.69, 9.17) is 5.11 Å². The third-order valence-electron chi connectivity index (χ3n) is 4.31. The Morgan fingerprint density at radius 1 is 1.22 bits per heavy atom. The van der Waals surface area contributed by atoms with E-state index < -0.39 is 5.97 Å². The van der Waals surface area contributed by atoms with Gasteiger partial charge < -0.3 is 19.5 Å². The second-order valence-corrected chi connectivity index (χ2v) is 5.81. The van der Waals surface area contributed by atoms with Gasteiger partial charge in [0.25, 0.3) is 0 Å². The lowest BCUT2D eigenvalue weighted by molar-refractivity contribution is -0.137. The van der Waals surface area contributed by atoms with Gasteiger partial charge in [0.1, 0.15) is 12.4 Å². The number of carbonyl (C=O) groups excluding carboxylic acids is 1. The summed E-state index contributed by atoms with van der Waals surface area (Å²) < 4.78 is 1.70. The Morgan fingerprint density at radius 3 is 2.52 bits per heavy atom. The van der Waals surface area contributed by atoms with E-state index in [1.807, 2.05) is 30.0 Å². The zero-order valence-electron chi connectivity index (χ0n) is 13.3. The summed E-state index contributed by atoms with van der Waals surface area (Å²) in [6.45, 7) is 6.35. The third kappa shape index (κ3) is 2.99. The summed E-state index contributed by atoms with van der Waals surface area (Å²) in [5.74, 6) is -0.0686. The lowest BCUT2D eigenvalue weighted by Gasteiger charge is -2.35. The van der Waals surface area contributed by atoms with Crippen LogP contribution in [0.3, 0.4) is 0 Å². The van der Waals surface area contributed by atoms with Crippen LogP contribution in [0, 0.1) is 6.92 Å². The van der Waals surface area contributed by atoms with Gasteiger partial charge >= 0.3 is 5.97 Å². The fourth-order valence-electron chi connectivity index (χ4n) is 3.05. The van der Waals surface area contributed by atoms with Crippen LogP contribution >= 0.6 is 0 Å². The van der Waals surface area contributed by atoms with Gasteiger partial charge in [0, 0.05) is 38.8 Å². The Kier molecular flexibility index (Phi) is 3.94. The number of amides is 1. The first-order valence-electron chi connectivity index (χ1n) is 7.65. The average Bonchev–Trinajstić information content (AvgIpc) is 2.82. The molecule has 3 rings (SSSR count). The molecule has 2 heterocycles. The zero-order chi connectivity index (χ0) is 16.6. The number of carbonyl (C=O) groups is 2. The highest BCUT2D eigenvalue weighted by Gasteiger charge is 2.19. The van der Waals surface area contributed by atoms with Crippen LogP contribution in [0.4, 0.5) is 5.69 Å². The van der Waals surface area contributed by atoms with Gasteiger partial charge in [-0.2, -0.15) is 0 Å². The van der Waals surface area contributed by atoms with Gasteiger partial charge in [-0.3, -0.25) is 9.59 Å². The molecule has 0 aliphatic carbocycles. The normalized spacial score (nSPS) is 15.2. The van der Waals surface area contributed by atoms with Crippen LogP contribution < -0.4 is 4.90 Å². The minimum Gasteiger partial charge on any atom is -0.480 e. The molecule has 1 amide bonds. The van der Waals surface area contributed by atoms with Crippen LogP contribution in [0.25, 0.3) is 11.0 Å². The molecule has 0 spiro atoms. The van der Waals surface area contributed by atoms with E-state index in [1.54, 1.807) is 11.5 Å². The van der Waals surface area contributed by atoms with Crippen molar-refractivity contribution in [2.24, 2.45) is 0 Å². The van der Waals surface area contributed by atoms with Crippen molar-refractivity contribution in [2.45, 2.75) is 20.4 Å². The fourth-order valence-corrected chi connectivity index (χ4v) is 3.05. The van der Waals surface area contributed by atoms with Crippen LogP contribution in [-0.2, 0) is 16.1 Å². The predicted octanol–water partition coefficient (Wildman–Crippen LogP) is 1.10. The molecule has 1 aromatic carbocycles. The van der Waals surface area contributed by atoms with Gasteiger partial charge in [-0.25, -0.2) is 4.98 Å². The lowest BCUT2D eigenvalue weighted by atomic mass is 10.2. The standard InChI is InChI=1S/C16H20N4O3/c1-11-17-14-9-13(3-4-15(14)20(11)10-16(22)23)19-7-5-18(6-8-19)12(2)21/h3-4,9H,5-8,10H2,1-2H3,(H,22,23). The summed E-state index contributed by atoms with van der Waals surface area (Å²) in [5, 5.41) is 9.01. The molecule has 0 unspecified atom stereocenters. The van der Waals surface area contributed by atoms with E-state index in [0.717, 1.165) is 42.9 Å². The Hall–Kier alpha value is -2.57. The summed E-state index contributed by atoms with van der Waals surface area (Å²) >= 11 is 0. The van der Waals surface area contributed by atoms with E-state index in [0.29, 0.717) is 5.82 Å². The van der Waals surface area contributed by atoms with Crippen LogP contribution in [0.15, 0.2) is 18.2 Å². The molecule has 23 heavy (non-hydrogen) atoms. The molecule has 2 aromatic rings. The number of piperazine rings is 1. The van der Waals surface area contributed by atoms with Crippen LogP contribution in [-0.4, -0.2) is 57.6 Å². The molecule has 0 saturated carbocycles. The van der Waals surface area contributed by atoms with Gasteiger partial charge in [0.05, 0.1) is 11.0 Å². The van der Waals surface area contributed by atoms with Crippen molar-refractivity contribution in [3.63, 3.8) is 0 Å². The second-order valence-electron chi connectivity index (χ2n) is 5.81. The van der Waals surface area contributed by atoms with Crippen LogP contribution in [0.5, 0.6) is 0 Å². The quantitative estimate of drug-likeness (QED) is 0.917. The highest BCUT2D eigenvalue weighted by atomic mass is 16.4. The van der Waals surface area contributed by atoms with Crippen molar-refractivity contribution in [3.05, 3.63) is 24.0 Å². The number of imidazole rings is 1. The first kappa shape index (κ1) is 15.3. The number of anilines is 1. The summed E-state index contributed by atoms with van der Waals surface area (Å²) in [6, 6.07) is 5.90. The van der Waals surface area contributed by atoms with Gasteiger partial charge in [0.15, 0.2) is 0 Å². The SMILES string of the molecule is CC(=O)N1CCN(c2ccc3c(c2)nc(C)n3CC(=O)O)CC1. The molecular formula is C16H20N4O3. The molecule has 1 aliphatic heterocycles. The fraction of sp³-hybridized carbons (Fsp3) is 0.438. The maximum Gasteiger partial charge on any atom is 0.323 e. The number of fused-ring (bicyclic) bond motifs is 1. The molecule has 1 fully saturated rings. The number of carboxylic acids is 1. The van der Waals surface area contributed by atoms with Crippen molar-refractivity contribution < 1.29 is 14.7 Å². The van der Waals surface area contributed by atoms with Crippen LogP contribution in [0.1, 0.15) is 12.7 Å². The number of aromatic nitrogens is 2. The highest BCUT2D eigenvalue weighted by Crippen LogP contribution is 2.24. The van der Waals surface area contributed by atoms with E-state index in [1.165, 1.54) is 0 Å². The molecule has 1 saturated heterocycles. The second kappa shape index (κ2) is 5.91. The number of nitrogens with zero attached hydrogens (tertiary/aromatic N) is 4. The first-order valence-corrected chi connectivity index (χ1v) is 7.65. The lowest BCUT2D eigenvalue weighted by Crippen LogP contribution is -2.48. The minimum atomic E-state index is -0.878. The van der Waals surface area contributed by atoms with E-state index >= 15 is 0 Å². The Bertz CT molecular complexity index is 760. The molecule has 122 valence electrons. The first-order chi connectivity index (χ1) is 11.0. The number of hydrogen-bond acceptors (Lipinski definition) is 4. The summed E-state index contributed by atoms with van der Waals surface area (Å²) in [7, 11) is 0. The number of carboxylic acid groups (broad SMARTS) is 1. The zero-order valence-corrected chi connectivity index (χ0v) is 13.3. The summed E-state index contributed by atoms with van der Waals surface area (Å²) in [6.07, 6.45) is 0. The summed E-state index contributed by atoms with van der Waals surface area (Å²) in [5.41, 5.74) is 2.69. The van der Waals surface area contributed by atoms with Gasteiger partial charge in [-0.1, -0.05) is 0 Å². The Balaban J connectivity index is 1.84. The molecule has 1 aliphatic rings. The molecule has 1 aromatic heterocycles. The topological polar surface area (TPSA) is 78.7 Å². The maximum atomic E-state index is 11.4. The van der Waals surface area contributed by atoms with Crippen molar-refractivity contribution >= 4 is 28.6 Å². The van der Waals surface area contributed by atoms with E-state index in [2.05, 4.69) is 9.88 Å².